The fourth-order valence-corrected chi connectivity index (χ4v) is 7.44. The van der Waals surface area contributed by atoms with Crippen LogP contribution >= 0.6 is 0 Å². The van der Waals surface area contributed by atoms with E-state index in [1.807, 2.05) is 6.07 Å². The van der Waals surface area contributed by atoms with Gasteiger partial charge >= 0.3 is 0 Å². The molecule has 0 unspecified atom stereocenters. The van der Waals surface area contributed by atoms with Crippen molar-refractivity contribution in [2.45, 2.75) is 5.41 Å². The van der Waals surface area contributed by atoms with Gasteiger partial charge in [0.15, 0.2) is 0 Å². The highest BCUT2D eigenvalue weighted by Crippen LogP contribution is 2.57. The van der Waals surface area contributed by atoms with E-state index in [0.717, 1.165) is 17.1 Å². The maximum Gasteiger partial charge on any atom is 0.135 e. The van der Waals surface area contributed by atoms with Crippen molar-refractivity contribution >= 4 is 10.8 Å². The van der Waals surface area contributed by atoms with Crippen molar-refractivity contribution in [3.05, 3.63) is 180 Å². The Hall–Kier alpha value is -5.40. The van der Waals surface area contributed by atoms with Gasteiger partial charge in [-0.05, 0) is 73.7 Å². The molecule has 1 aliphatic heterocycles. The van der Waals surface area contributed by atoms with Crippen molar-refractivity contribution in [1.82, 2.24) is 0 Å². The van der Waals surface area contributed by atoms with Gasteiger partial charge in [-0.15, -0.1) is 0 Å². The molecule has 9 rings (SSSR count). The number of ether oxygens (including phenoxy) is 1. The van der Waals surface area contributed by atoms with Gasteiger partial charge in [0.05, 0.1) is 5.41 Å². The summed E-state index contributed by atoms with van der Waals surface area (Å²) in [4.78, 5) is 0. The minimum atomic E-state index is -0.418. The highest BCUT2D eigenvalue weighted by Gasteiger charge is 2.46. The molecule has 7 aromatic carbocycles. The molecule has 0 amide bonds. The van der Waals surface area contributed by atoms with E-state index < -0.39 is 5.41 Å². The first-order valence-corrected chi connectivity index (χ1v) is 14.5. The summed E-state index contributed by atoms with van der Waals surface area (Å²) in [6.07, 6.45) is 0. The number of rotatable bonds is 3. The molecule has 0 fully saturated rings. The van der Waals surface area contributed by atoms with Gasteiger partial charge in [0.25, 0.3) is 0 Å². The van der Waals surface area contributed by atoms with Gasteiger partial charge in [-0.25, -0.2) is 0 Å². The molecule has 0 bridgehead atoms. The Morgan fingerprint density at radius 3 is 1.79 bits per heavy atom. The summed E-state index contributed by atoms with van der Waals surface area (Å²) in [7, 11) is 0. The van der Waals surface area contributed by atoms with E-state index in [2.05, 4.69) is 152 Å². The molecule has 196 valence electrons. The maximum absolute atomic E-state index is 6.41. The third-order valence-corrected chi connectivity index (χ3v) is 9.17. The molecule has 2 aliphatic rings. The molecular weight excluding hydrogens is 508 g/mol. The summed E-state index contributed by atoms with van der Waals surface area (Å²) in [6.45, 7) is 0. The van der Waals surface area contributed by atoms with Crippen molar-refractivity contribution < 1.29 is 4.74 Å². The molecule has 1 aliphatic carbocycles. The Morgan fingerprint density at radius 2 is 1.00 bits per heavy atom. The zero-order chi connectivity index (χ0) is 27.7. The van der Waals surface area contributed by atoms with Crippen LogP contribution in [0.3, 0.4) is 0 Å². The molecule has 0 radical (unpaired) electrons. The fourth-order valence-electron chi connectivity index (χ4n) is 7.44. The Kier molecular flexibility index (Phi) is 4.88. The average Bonchev–Trinajstić information content (AvgIpc) is 3.36. The number of para-hydroxylation sites is 1. The van der Waals surface area contributed by atoms with Crippen LogP contribution in [0, 0.1) is 0 Å². The average molecular weight is 535 g/mol. The number of hydrogen-bond donors (Lipinski definition) is 0. The van der Waals surface area contributed by atoms with E-state index in [1.165, 1.54) is 60.8 Å². The van der Waals surface area contributed by atoms with E-state index in [0.29, 0.717) is 0 Å². The Bertz CT molecular complexity index is 2120. The second-order valence-electron chi connectivity index (χ2n) is 11.2. The Balaban J connectivity index is 1.34. The monoisotopic (exact) mass is 534 g/mol. The summed E-state index contributed by atoms with van der Waals surface area (Å²) < 4.78 is 6.41. The molecule has 0 saturated carbocycles. The first-order valence-electron chi connectivity index (χ1n) is 14.5. The highest BCUT2D eigenvalue weighted by atomic mass is 16.5. The predicted molar refractivity (Wildman–Crippen MR) is 172 cm³/mol. The zero-order valence-corrected chi connectivity index (χ0v) is 22.9. The van der Waals surface area contributed by atoms with Crippen molar-refractivity contribution in [3.63, 3.8) is 0 Å². The highest BCUT2D eigenvalue weighted by molar-refractivity contribution is 6.10. The lowest BCUT2D eigenvalue weighted by molar-refractivity contribution is 0.487. The molecule has 0 saturated heterocycles. The topological polar surface area (TPSA) is 9.23 Å². The van der Waals surface area contributed by atoms with Crippen LogP contribution in [0.25, 0.3) is 44.2 Å². The predicted octanol–water partition coefficient (Wildman–Crippen LogP) is 10.6. The number of benzene rings is 7. The summed E-state index contributed by atoms with van der Waals surface area (Å²) in [5.41, 5.74) is 12.2. The zero-order valence-electron chi connectivity index (χ0n) is 22.9. The van der Waals surface area contributed by atoms with Crippen LogP contribution in [0.1, 0.15) is 22.3 Å². The second kappa shape index (κ2) is 8.80. The molecule has 0 atom stereocenters. The Labute approximate surface area is 245 Å². The Morgan fingerprint density at radius 1 is 0.381 bits per heavy atom. The lowest BCUT2D eigenvalue weighted by Gasteiger charge is -2.34. The second-order valence-corrected chi connectivity index (χ2v) is 11.2. The van der Waals surface area contributed by atoms with E-state index >= 15 is 0 Å². The lowest BCUT2D eigenvalue weighted by Crippen LogP contribution is -2.28. The van der Waals surface area contributed by atoms with Gasteiger partial charge in [0, 0.05) is 10.9 Å². The van der Waals surface area contributed by atoms with E-state index in [4.69, 9.17) is 4.74 Å². The summed E-state index contributed by atoms with van der Waals surface area (Å²) in [5.74, 6) is 1.83. The van der Waals surface area contributed by atoms with Gasteiger partial charge in [-0.3, -0.25) is 0 Å². The molecule has 7 aromatic rings. The van der Waals surface area contributed by atoms with Crippen LogP contribution in [0.5, 0.6) is 11.5 Å². The molecule has 0 aromatic heterocycles. The van der Waals surface area contributed by atoms with Crippen LogP contribution in [-0.4, -0.2) is 0 Å². The van der Waals surface area contributed by atoms with Crippen LogP contribution in [-0.2, 0) is 5.41 Å². The van der Waals surface area contributed by atoms with Crippen molar-refractivity contribution in [2.24, 2.45) is 0 Å². The third-order valence-electron chi connectivity index (χ3n) is 9.17. The molecule has 42 heavy (non-hydrogen) atoms. The normalized spacial score (nSPS) is 13.6. The van der Waals surface area contributed by atoms with Crippen molar-refractivity contribution in [2.75, 3.05) is 0 Å². The number of hydrogen-bond acceptors (Lipinski definition) is 1. The minimum absolute atomic E-state index is 0.418. The SMILES string of the molecule is c1ccc(C2(c3ccccc3)c3ccccc3-c3ccc(-c4ccc5c6c(cccc46)-c4ccccc4O5)cc32)cc1. The molecule has 1 heteroatoms. The van der Waals surface area contributed by atoms with Crippen molar-refractivity contribution in [3.8, 4) is 44.9 Å². The fraction of sp³-hybridized carbons (Fsp3) is 0.0244. The third kappa shape index (κ3) is 3.08. The molecule has 0 spiro atoms. The minimum Gasteiger partial charge on any atom is -0.456 e. The summed E-state index contributed by atoms with van der Waals surface area (Å²) in [5, 5.41) is 2.38. The van der Waals surface area contributed by atoms with Gasteiger partial charge in [-0.2, -0.15) is 0 Å². The van der Waals surface area contributed by atoms with Crippen LogP contribution in [0.4, 0.5) is 0 Å². The van der Waals surface area contributed by atoms with Gasteiger partial charge in [-0.1, -0.05) is 140 Å². The summed E-state index contributed by atoms with van der Waals surface area (Å²) >= 11 is 0. The van der Waals surface area contributed by atoms with E-state index in [-0.39, 0.29) is 0 Å². The smallest absolute Gasteiger partial charge is 0.135 e. The van der Waals surface area contributed by atoms with Crippen LogP contribution in [0.15, 0.2) is 158 Å². The molecule has 1 heterocycles. The molecule has 0 N–H and O–H groups in total. The van der Waals surface area contributed by atoms with Gasteiger partial charge in [0.1, 0.15) is 11.5 Å². The maximum atomic E-state index is 6.41. The van der Waals surface area contributed by atoms with Crippen LogP contribution in [0.2, 0.25) is 0 Å². The van der Waals surface area contributed by atoms with Gasteiger partial charge in [0.2, 0.25) is 0 Å². The van der Waals surface area contributed by atoms with E-state index in [9.17, 15) is 0 Å². The molecule has 1 nitrogen and oxygen atoms in total. The first-order chi connectivity index (χ1) is 20.8. The largest absolute Gasteiger partial charge is 0.456 e. The first kappa shape index (κ1) is 23.3. The van der Waals surface area contributed by atoms with Crippen molar-refractivity contribution in [1.29, 1.82) is 0 Å². The quantitative estimate of drug-likeness (QED) is 0.219. The number of fused-ring (bicyclic) bond motifs is 5. The van der Waals surface area contributed by atoms with Gasteiger partial charge < -0.3 is 4.74 Å². The standard InChI is InChI=1S/C41H26O/c1-3-12-28(13-4-1)41(29-14-5-2-6-15-29)36-20-9-7-16-31(36)32-23-22-27(26-37(32)41)30-24-25-39-40-34(30)18-11-19-35(40)33-17-8-10-21-38(33)42-39/h1-26H. The lowest BCUT2D eigenvalue weighted by atomic mass is 9.67. The van der Waals surface area contributed by atoms with E-state index in [1.54, 1.807) is 0 Å². The summed E-state index contributed by atoms with van der Waals surface area (Å²) in [6, 6.07) is 57.3. The molecular formula is C41H26O. The van der Waals surface area contributed by atoms with Crippen LogP contribution < -0.4 is 4.74 Å².